The first-order chi connectivity index (χ1) is 13.1. The van der Waals surface area contributed by atoms with Crippen LogP contribution in [0.15, 0.2) is 30.3 Å². The number of aromatic hydroxyl groups is 1. The van der Waals surface area contributed by atoms with Crippen LogP contribution in [0, 0.1) is 13.8 Å². The van der Waals surface area contributed by atoms with Gasteiger partial charge in [0.15, 0.2) is 0 Å². The Labute approximate surface area is 189 Å². The van der Waals surface area contributed by atoms with Crippen molar-refractivity contribution in [1.29, 1.82) is 0 Å². The van der Waals surface area contributed by atoms with E-state index < -0.39 is 17.0 Å². The molecule has 2 aromatic rings. The zero-order valence-corrected chi connectivity index (χ0v) is 22.0. The molecule has 1 N–H and O–H groups in total. The van der Waals surface area contributed by atoms with Crippen LogP contribution in [0.4, 0.5) is 5.69 Å². The third kappa shape index (κ3) is 6.93. The third-order valence-corrected chi connectivity index (χ3v) is 6.33. The molecule has 0 bridgehead atoms. The Morgan fingerprint density at radius 1 is 1.04 bits per heavy atom. The first-order valence-electron chi connectivity index (χ1n) is 9.52. The summed E-state index contributed by atoms with van der Waals surface area (Å²) < 4.78 is 0. The van der Waals surface area contributed by atoms with Gasteiger partial charge in [-0.3, -0.25) is 0 Å². The summed E-state index contributed by atoms with van der Waals surface area (Å²) in [6, 6.07) is 10.8. The molecule has 0 aliphatic rings. The van der Waals surface area contributed by atoms with Crippen molar-refractivity contribution in [3.05, 3.63) is 47.0 Å². The molecule has 0 spiro atoms. The van der Waals surface area contributed by atoms with Crippen LogP contribution in [0.25, 0.3) is 0 Å². The van der Waals surface area contributed by atoms with Gasteiger partial charge in [-0.25, -0.2) is 0 Å². The van der Waals surface area contributed by atoms with Crippen molar-refractivity contribution in [2.75, 3.05) is 18.0 Å². The van der Waals surface area contributed by atoms with E-state index in [1.165, 1.54) is 22.1 Å². The summed E-state index contributed by atoms with van der Waals surface area (Å²) in [4.78, 5) is 2.40. The maximum absolute atomic E-state index is 10.7. The number of aryl methyl sites for hydroxylation is 2. The summed E-state index contributed by atoms with van der Waals surface area (Å²) in [6.07, 6.45) is 0. The fraction of sp³-hybridized carbons (Fsp3) is 0.455. The fourth-order valence-electron chi connectivity index (χ4n) is 3.09. The van der Waals surface area contributed by atoms with Gasteiger partial charge >= 0.3 is 35.6 Å². The molecule has 0 aromatic heterocycles. The monoisotopic (exact) mass is 475 g/mol. The molecule has 0 aliphatic carbocycles. The van der Waals surface area contributed by atoms with Gasteiger partial charge in [-0.05, 0) is 61.9 Å². The molecule has 0 heterocycles. The first kappa shape index (κ1) is 25.8. The molecule has 0 aliphatic heterocycles. The second-order valence-electron chi connectivity index (χ2n) is 7.78. The number of anilines is 1. The SMILES string of the molecule is CCN(CC)c1cccc(C)c1Pc1cc(C(C)(C)C)cc(C)c1O.[Cl][Ti][Cl]. The summed E-state index contributed by atoms with van der Waals surface area (Å²) in [5.74, 6) is 0.445. The van der Waals surface area contributed by atoms with Gasteiger partial charge in [0.25, 0.3) is 0 Å². The van der Waals surface area contributed by atoms with E-state index in [1.807, 2.05) is 6.92 Å². The molecule has 2 nitrogen and oxygen atoms in total. The number of phenolic OH excluding ortho intramolecular Hbond substituents is 1. The fourth-order valence-corrected chi connectivity index (χ4v) is 4.55. The van der Waals surface area contributed by atoms with Crippen LogP contribution >= 0.6 is 27.2 Å². The summed E-state index contributed by atoms with van der Waals surface area (Å²) in [7, 11) is 10.2. The summed E-state index contributed by atoms with van der Waals surface area (Å²) in [6.45, 7) is 17.2. The minimum absolute atomic E-state index is 0.0745. The van der Waals surface area contributed by atoms with Crippen molar-refractivity contribution >= 4 is 43.5 Å². The molecule has 0 saturated heterocycles. The van der Waals surface area contributed by atoms with E-state index >= 15 is 0 Å². The zero-order chi connectivity index (χ0) is 21.5. The van der Waals surface area contributed by atoms with Crippen molar-refractivity contribution in [2.45, 2.75) is 53.9 Å². The molecule has 0 radical (unpaired) electrons. The van der Waals surface area contributed by atoms with Gasteiger partial charge in [-0.15, -0.1) is 0 Å². The van der Waals surface area contributed by atoms with Crippen LogP contribution in [0.3, 0.4) is 0 Å². The molecule has 2 aromatic carbocycles. The van der Waals surface area contributed by atoms with Gasteiger partial charge in [0.05, 0.1) is 0 Å². The number of rotatable bonds is 5. The van der Waals surface area contributed by atoms with Crippen LogP contribution in [0.2, 0.25) is 0 Å². The molecule has 0 fully saturated rings. The summed E-state index contributed by atoms with van der Waals surface area (Å²) in [5, 5.41) is 13.1. The standard InChI is InChI=1S/C22H32NOP.2ClH.Ti/c1-8-23(9-2)18-12-10-11-15(3)21(18)25-19-14-17(22(5,6)7)13-16(4)20(19)24;;;/h10-14,24-25H,8-9H2,1-7H3;2*1H;/q;;;+2/p-2. The Bertz CT molecular complexity index is 774. The Morgan fingerprint density at radius 2 is 1.61 bits per heavy atom. The van der Waals surface area contributed by atoms with E-state index in [0.717, 1.165) is 24.0 Å². The van der Waals surface area contributed by atoms with Gasteiger partial charge in [0, 0.05) is 29.4 Å². The number of halogens is 2. The van der Waals surface area contributed by atoms with Crippen molar-refractivity contribution in [1.82, 2.24) is 0 Å². The van der Waals surface area contributed by atoms with E-state index in [1.54, 1.807) is 0 Å². The summed E-state index contributed by atoms with van der Waals surface area (Å²) >= 11 is -0.556. The maximum atomic E-state index is 10.7. The van der Waals surface area contributed by atoms with Crippen LogP contribution in [0.1, 0.15) is 51.3 Å². The van der Waals surface area contributed by atoms with Crippen molar-refractivity contribution in [3.63, 3.8) is 0 Å². The normalized spacial score (nSPS) is 11.3. The quantitative estimate of drug-likeness (QED) is 0.413. The van der Waals surface area contributed by atoms with Crippen LogP contribution in [-0.2, 0) is 22.4 Å². The molecular weight excluding hydrogens is 444 g/mol. The Kier molecular flexibility index (Phi) is 10.9. The Morgan fingerprint density at radius 3 is 2.11 bits per heavy atom. The second-order valence-corrected chi connectivity index (χ2v) is 11.6. The Balaban J connectivity index is 0.00000122. The van der Waals surface area contributed by atoms with Crippen molar-refractivity contribution in [3.8, 4) is 5.75 Å². The minimum atomic E-state index is -0.556. The van der Waals surface area contributed by atoms with Gasteiger partial charge in [0.1, 0.15) is 5.75 Å². The predicted octanol–water partition coefficient (Wildman–Crippen LogP) is 6.16. The number of benzene rings is 2. The molecule has 0 saturated carbocycles. The first-order valence-corrected chi connectivity index (χ1v) is 14.8. The molecule has 1 atom stereocenters. The third-order valence-electron chi connectivity index (χ3n) is 4.78. The van der Waals surface area contributed by atoms with E-state index in [4.69, 9.17) is 18.6 Å². The van der Waals surface area contributed by atoms with E-state index in [0.29, 0.717) is 14.3 Å². The van der Waals surface area contributed by atoms with Gasteiger partial charge in [0.2, 0.25) is 0 Å². The van der Waals surface area contributed by atoms with Gasteiger partial charge in [-0.2, -0.15) is 0 Å². The molecule has 1 unspecified atom stereocenters. The predicted molar refractivity (Wildman–Crippen MR) is 126 cm³/mol. The number of nitrogens with zero attached hydrogens (tertiary/aromatic N) is 1. The van der Waals surface area contributed by atoms with E-state index in [9.17, 15) is 5.11 Å². The van der Waals surface area contributed by atoms with Crippen molar-refractivity contribution < 1.29 is 22.1 Å². The van der Waals surface area contributed by atoms with Crippen LogP contribution in [0.5, 0.6) is 5.75 Å². The average molecular weight is 476 g/mol. The van der Waals surface area contributed by atoms with E-state index in [-0.39, 0.29) is 5.41 Å². The number of hydrogen-bond acceptors (Lipinski definition) is 2. The van der Waals surface area contributed by atoms with Crippen molar-refractivity contribution in [2.24, 2.45) is 0 Å². The van der Waals surface area contributed by atoms with Crippen LogP contribution in [-0.4, -0.2) is 18.2 Å². The summed E-state index contributed by atoms with van der Waals surface area (Å²) in [5.41, 5.74) is 4.91. The second kappa shape index (κ2) is 11.8. The number of hydrogen-bond donors (Lipinski definition) is 1. The molecule has 6 heteroatoms. The van der Waals surface area contributed by atoms with Crippen LogP contribution < -0.4 is 15.5 Å². The molecule has 2 rings (SSSR count). The molecule has 28 heavy (non-hydrogen) atoms. The number of phenols is 1. The molecular formula is C22H32Cl2NOPTi. The topological polar surface area (TPSA) is 23.5 Å². The van der Waals surface area contributed by atoms with E-state index in [2.05, 4.69) is 76.8 Å². The zero-order valence-electron chi connectivity index (χ0n) is 18.0. The van der Waals surface area contributed by atoms with Gasteiger partial charge in [-0.1, -0.05) is 47.6 Å². The molecule has 154 valence electrons. The van der Waals surface area contributed by atoms with Gasteiger partial charge < -0.3 is 10.0 Å². The average Bonchev–Trinajstić information content (AvgIpc) is 2.62. The Hall–Kier alpha value is -0.236. The molecule has 0 amide bonds.